The van der Waals surface area contributed by atoms with Crippen LogP contribution in [0.2, 0.25) is 0 Å². The molecule has 0 spiro atoms. The molecule has 1 atom stereocenters. The lowest BCUT2D eigenvalue weighted by Gasteiger charge is -2.37. The van der Waals surface area contributed by atoms with E-state index in [1.165, 1.54) is 0 Å². The molecule has 2 nitrogen and oxygen atoms in total. The molecule has 2 aliphatic heterocycles. The molecule has 0 aliphatic carbocycles. The lowest BCUT2D eigenvalue weighted by Crippen LogP contribution is -2.48. The van der Waals surface area contributed by atoms with Crippen molar-refractivity contribution in [2.75, 3.05) is 6.54 Å². The van der Waals surface area contributed by atoms with Crippen LogP contribution in [0.1, 0.15) is 46.2 Å². The number of rotatable bonds is 3. The molecule has 0 amide bonds. The van der Waals surface area contributed by atoms with Gasteiger partial charge in [0.2, 0.25) is 0 Å². The van der Waals surface area contributed by atoms with Crippen LogP contribution in [0.15, 0.2) is 48.5 Å². The number of fused-ring (bicyclic) bond motifs is 1. The van der Waals surface area contributed by atoms with Crippen LogP contribution in [0, 0.1) is 45.1 Å². The molecule has 0 unspecified atom stereocenters. The van der Waals surface area contributed by atoms with E-state index in [-0.39, 0.29) is 11.5 Å². The van der Waals surface area contributed by atoms with Gasteiger partial charge in [-0.25, -0.2) is 13.2 Å². The maximum atomic E-state index is 14.9. The van der Waals surface area contributed by atoms with Crippen molar-refractivity contribution in [3.8, 4) is 0 Å². The predicted octanol–water partition coefficient (Wildman–Crippen LogP) is 5.47. The highest BCUT2D eigenvalue weighted by atomic mass is 19.1. The SMILES string of the molecule is Cc1cc(C)cc(C2(c3cc(C)cc(C)c3)OB(c3c(F)cc(F)cc3F)N3CCC[C@H]32)c1. The average molecular weight is 449 g/mol. The summed E-state index contributed by atoms with van der Waals surface area (Å²) in [4.78, 5) is 2.05. The van der Waals surface area contributed by atoms with Crippen molar-refractivity contribution in [2.24, 2.45) is 0 Å². The lowest BCUT2D eigenvalue weighted by molar-refractivity contribution is 0.106. The molecule has 2 fully saturated rings. The third-order valence-electron chi connectivity index (χ3n) is 6.95. The first-order chi connectivity index (χ1) is 15.7. The Hall–Kier alpha value is -2.57. The van der Waals surface area contributed by atoms with E-state index in [1.54, 1.807) is 0 Å². The van der Waals surface area contributed by atoms with Crippen LogP contribution in [0.4, 0.5) is 13.2 Å². The standard InChI is InChI=1S/C27H27BF3NO/c1-16-8-17(2)11-20(10-16)27(21-12-18(3)9-19(4)13-21)25-6-5-7-32(25)28(33-27)26-23(30)14-22(29)15-24(26)31/h8-15,25H,5-7H2,1-4H3/t25-/m0/s1. The van der Waals surface area contributed by atoms with Crippen molar-refractivity contribution in [1.29, 1.82) is 0 Å². The monoisotopic (exact) mass is 449 g/mol. The first kappa shape index (κ1) is 22.2. The zero-order chi connectivity index (χ0) is 23.5. The summed E-state index contributed by atoms with van der Waals surface area (Å²) < 4.78 is 50.4. The number of hydrogen-bond donors (Lipinski definition) is 0. The van der Waals surface area contributed by atoms with E-state index in [4.69, 9.17) is 4.65 Å². The van der Waals surface area contributed by atoms with Crippen molar-refractivity contribution in [3.63, 3.8) is 0 Å². The summed E-state index contributed by atoms with van der Waals surface area (Å²) in [5, 5.41) is 0. The molecule has 170 valence electrons. The normalized spacial score (nSPS) is 19.8. The van der Waals surface area contributed by atoms with Gasteiger partial charge in [0, 0.05) is 23.6 Å². The molecule has 2 aliphatic rings. The van der Waals surface area contributed by atoms with Gasteiger partial charge in [0.1, 0.15) is 23.1 Å². The Morgan fingerprint density at radius 1 is 0.788 bits per heavy atom. The molecule has 0 N–H and O–H groups in total. The van der Waals surface area contributed by atoms with E-state index in [0.29, 0.717) is 6.54 Å². The van der Waals surface area contributed by atoms with Gasteiger partial charge in [-0.15, -0.1) is 0 Å². The van der Waals surface area contributed by atoms with E-state index >= 15 is 0 Å². The van der Waals surface area contributed by atoms with Crippen LogP contribution in [-0.2, 0) is 10.3 Å². The van der Waals surface area contributed by atoms with Gasteiger partial charge in [0.05, 0.1) is 0 Å². The summed E-state index contributed by atoms with van der Waals surface area (Å²) in [6, 6.07) is 14.0. The van der Waals surface area contributed by atoms with Gasteiger partial charge in [-0.05, 0) is 58.2 Å². The van der Waals surface area contributed by atoms with Crippen LogP contribution < -0.4 is 5.46 Å². The molecule has 33 heavy (non-hydrogen) atoms. The third kappa shape index (κ3) is 3.60. The van der Waals surface area contributed by atoms with Crippen LogP contribution in [0.5, 0.6) is 0 Å². The second-order valence-electron chi connectivity index (χ2n) is 9.64. The van der Waals surface area contributed by atoms with Gasteiger partial charge in [-0.1, -0.05) is 58.7 Å². The van der Waals surface area contributed by atoms with Gasteiger partial charge in [0.15, 0.2) is 0 Å². The molecule has 2 saturated heterocycles. The van der Waals surface area contributed by atoms with E-state index in [9.17, 15) is 13.2 Å². The first-order valence-electron chi connectivity index (χ1n) is 11.4. The van der Waals surface area contributed by atoms with Crippen LogP contribution >= 0.6 is 0 Å². The number of hydrogen-bond acceptors (Lipinski definition) is 2. The van der Waals surface area contributed by atoms with Crippen molar-refractivity contribution in [2.45, 2.75) is 52.2 Å². The Balaban J connectivity index is 1.78. The highest BCUT2D eigenvalue weighted by Crippen LogP contribution is 2.49. The maximum Gasteiger partial charge on any atom is 0.425 e. The van der Waals surface area contributed by atoms with Gasteiger partial charge < -0.3 is 9.47 Å². The minimum Gasteiger partial charge on any atom is -0.402 e. The summed E-state index contributed by atoms with van der Waals surface area (Å²) in [5.74, 6) is -2.76. The fourth-order valence-corrected chi connectivity index (χ4v) is 5.91. The van der Waals surface area contributed by atoms with Crippen LogP contribution in [0.25, 0.3) is 0 Å². The highest BCUT2D eigenvalue weighted by molar-refractivity contribution is 6.65. The minimum atomic E-state index is -0.945. The van der Waals surface area contributed by atoms with Crippen LogP contribution in [-0.4, -0.2) is 24.4 Å². The van der Waals surface area contributed by atoms with E-state index in [0.717, 1.165) is 58.4 Å². The van der Waals surface area contributed by atoms with Gasteiger partial charge in [0.25, 0.3) is 0 Å². The third-order valence-corrected chi connectivity index (χ3v) is 6.95. The summed E-state index contributed by atoms with van der Waals surface area (Å²) >= 11 is 0. The lowest BCUT2D eigenvalue weighted by atomic mass is 9.71. The molecular formula is C27H27BF3NO. The Bertz CT molecular complexity index is 1130. The first-order valence-corrected chi connectivity index (χ1v) is 11.4. The molecule has 0 radical (unpaired) electrons. The van der Waals surface area contributed by atoms with Gasteiger partial charge in [-0.2, -0.15) is 0 Å². The van der Waals surface area contributed by atoms with Crippen molar-refractivity contribution >= 4 is 12.5 Å². The minimum absolute atomic E-state index is 0.103. The fourth-order valence-electron chi connectivity index (χ4n) is 5.91. The summed E-state index contributed by atoms with van der Waals surface area (Å²) in [6.07, 6.45) is 1.73. The topological polar surface area (TPSA) is 12.5 Å². The van der Waals surface area contributed by atoms with Crippen molar-refractivity contribution < 1.29 is 17.8 Å². The average Bonchev–Trinajstić information content (AvgIpc) is 3.28. The summed E-state index contributed by atoms with van der Waals surface area (Å²) in [7, 11) is -0.945. The number of benzene rings is 3. The fraction of sp³-hybridized carbons (Fsp3) is 0.333. The summed E-state index contributed by atoms with van der Waals surface area (Å²) in [5.41, 5.74) is 5.24. The molecule has 0 saturated carbocycles. The molecule has 0 aromatic heterocycles. The second kappa shape index (κ2) is 8.03. The van der Waals surface area contributed by atoms with Gasteiger partial charge >= 0.3 is 7.05 Å². The van der Waals surface area contributed by atoms with Crippen molar-refractivity contribution in [1.82, 2.24) is 4.81 Å². The molecule has 6 heteroatoms. The molecule has 2 heterocycles. The zero-order valence-electron chi connectivity index (χ0n) is 19.4. The van der Waals surface area contributed by atoms with E-state index in [2.05, 4.69) is 41.2 Å². The second-order valence-corrected chi connectivity index (χ2v) is 9.64. The Kier molecular flexibility index (Phi) is 5.41. The number of halogens is 3. The van der Waals surface area contributed by atoms with Gasteiger partial charge in [-0.3, -0.25) is 0 Å². The Morgan fingerprint density at radius 2 is 1.27 bits per heavy atom. The molecule has 5 rings (SSSR count). The summed E-state index contributed by atoms with van der Waals surface area (Å²) in [6.45, 7) is 8.84. The maximum absolute atomic E-state index is 14.9. The molecule has 3 aromatic rings. The molecular weight excluding hydrogens is 422 g/mol. The molecule has 0 bridgehead atoms. The van der Waals surface area contributed by atoms with Crippen LogP contribution in [0.3, 0.4) is 0 Å². The smallest absolute Gasteiger partial charge is 0.402 e. The Labute approximate surface area is 193 Å². The predicted molar refractivity (Wildman–Crippen MR) is 125 cm³/mol. The highest BCUT2D eigenvalue weighted by Gasteiger charge is 2.60. The Morgan fingerprint density at radius 3 is 1.76 bits per heavy atom. The van der Waals surface area contributed by atoms with E-state index in [1.807, 2.05) is 27.7 Å². The molecule has 3 aromatic carbocycles. The number of nitrogens with zero attached hydrogens (tertiary/aromatic N) is 1. The largest absolute Gasteiger partial charge is 0.425 e. The van der Waals surface area contributed by atoms with E-state index < -0.39 is 30.1 Å². The quantitative estimate of drug-likeness (QED) is 0.492. The number of aryl methyl sites for hydroxylation is 4. The van der Waals surface area contributed by atoms with Crippen molar-refractivity contribution in [3.05, 3.63) is 99.4 Å². The zero-order valence-corrected chi connectivity index (χ0v) is 19.4.